The maximum Gasteiger partial charge on any atom is 0.165 e. The molecule has 0 aliphatic rings. The summed E-state index contributed by atoms with van der Waals surface area (Å²) in [5.41, 5.74) is 7.80. The van der Waals surface area contributed by atoms with Gasteiger partial charge in [0.1, 0.15) is 5.75 Å². The third kappa shape index (κ3) is 2.23. The zero-order valence-electron chi connectivity index (χ0n) is 9.47. The summed E-state index contributed by atoms with van der Waals surface area (Å²) >= 11 is 0. The van der Waals surface area contributed by atoms with Crippen molar-refractivity contribution in [3.63, 3.8) is 0 Å². The molecule has 4 nitrogen and oxygen atoms in total. The zero-order valence-corrected chi connectivity index (χ0v) is 9.47. The highest BCUT2D eigenvalue weighted by Gasteiger charge is 2.05. The fourth-order valence-corrected chi connectivity index (χ4v) is 1.50. The van der Waals surface area contributed by atoms with Gasteiger partial charge in [-0.05, 0) is 18.6 Å². The van der Waals surface area contributed by atoms with Crippen LogP contribution in [0.3, 0.4) is 0 Å². The van der Waals surface area contributed by atoms with Crippen LogP contribution >= 0.6 is 0 Å². The van der Waals surface area contributed by atoms with E-state index in [9.17, 15) is 0 Å². The van der Waals surface area contributed by atoms with E-state index in [2.05, 4.69) is 5.10 Å². The first-order valence-electron chi connectivity index (χ1n) is 5.15. The van der Waals surface area contributed by atoms with Crippen LogP contribution in [0, 0.1) is 6.92 Å². The van der Waals surface area contributed by atoms with Crippen LogP contribution in [0.2, 0.25) is 0 Å². The van der Waals surface area contributed by atoms with Crippen molar-refractivity contribution < 1.29 is 4.74 Å². The molecule has 1 aromatic carbocycles. The van der Waals surface area contributed by atoms with Crippen molar-refractivity contribution in [3.05, 3.63) is 41.7 Å². The normalized spacial score (nSPS) is 10.4. The van der Waals surface area contributed by atoms with Gasteiger partial charge in [-0.1, -0.05) is 12.1 Å². The lowest BCUT2D eigenvalue weighted by atomic mass is 10.1. The molecule has 2 N–H and O–H groups in total. The highest BCUT2D eigenvalue weighted by atomic mass is 16.5. The Kier molecular flexibility index (Phi) is 2.92. The molecular formula is C12H15N3O. The minimum atomic E-state index is 0.468. The first-order chi connectivity index (χ1) is 7.69. The summed E-state index contributed by atoms with van der Waals surface area (Å²) in [7, 11) is 1.85. The topological polar surface area (TPSA) is 53.1 Å². The molecule has 1 aromatic heterocycles. The molecule has 2 rings (SSSR count). The Morgan fingerprint density at radius 1 is 1.44 bits per heavy atom. The third-order valence-corrected chi connectivity index (χ3v) is 2.35. The summed E-state index contributed by atoms with van der Waals surface area (Å²) in [4.78, 5) is 0. The van der Waals surface area contributed by atoms with Crippen molar-refractivity contribution in [3.8, 4) is 11.5 Å². The van der Waals surface area contributed by atoms with Crippen molar-refractivity contribution in [2.24, 2.45) is 12.8 Å². The van der Waals surface area contributed by atoms with Crippen LogP contribution in [-0.2, 0) is 13.6 Å². The molecule has 1 heterocycles. The largest absolute Gasteiger partial charge is 0.454 e. The monoisotopic (exact) mass is 217 g/mol. The van der Waals surface area contributed by atoms with Gasteiger partial charge in [-0.2, -0.15) is 5.10 Å². The molecule has 0 aliphatic carbocycles. The second-order valence-electron chi connectivity index (χ2n) is 3.77. The van der Waals surface area contributed by atoms with Gasteiger partial charge in [-0.15, -0.1) is 0 Å². The molecule has 0 aliphatic heterocycles. The lowest BCUT2D eigenvalue weighted by Gasteiger charge is -2.08. The maximum atomic E-state index is 5.74. The lowest BCUT2D eigenvalue weighted by molar-refractivity contribution is 0.475. The maximum absolute atomic E-state index is 5.74. The Balaban J connectivity index is 2.29. The molecule has 0 bridgehead atoms. The standard InChI is InChI=1S/C12H15N3O/c1-9-3-4-10(6-13)12(5-9)16-11-7-14-15(2)8-11/h3-5,7-8H,6,13H2,1-2H3. The fourth-order valence-electron chi connectivity index (χ4n) is 1.50. The van der Waals surface area contributed by atoms with E-state index < -0.39 is 0 Å². The van der Waals surface area contributed by atoms with Crippen LogP contribution in [0.5, 0.6) is 11.5 Å². The number of hydrogen-bond acceptors (Lipinski definition) is 3. The van der Waals surface area contributed by atoms with Gasteiger partial charge >= 0.3 is 0 Å². The van der Waals surface area contributed by atoms with Gasteiger partial charge in [0.2, 0.25) is 0 Å². The summed E-state index contributed by atoms with van der Waals surface area (Å²) in [5.74, 6) is 1.53. The summed E-state index contributed by atoms with van der Waals surface area (Å²) < 4.78 is 7.44. The predicted molar refractivity (Wildman–Crippen MR) is 62.4 cm³/mol. The molecule has 16 heavy (non-hydrogen) atoms. The van der Waals surface area contributed by atoms with Crippen molar-refractivity contribution in [2.45, 2.75) is 13.5 Å². The molecule has 0 saturated heterocycles. The van der Waals surface area contributed by atoms with Crippen molar-refractivity contribution in [1.82, 2.24) is 9.78 Å². The van der Waals surface area contributed by atoms with E-state index in [1.165, 1.54) is 0 Å². The van der Waals surface area contributed by atoms with Gasteiger partial charge < -0.3 is 10.5 Å². The molecule has 0 unspecified atom stereocenters. The molecule has 0 amide bonds. The van der Waals surface area contributed by atoms with E-state index in [0.29, 0.717) is 6.54 Å². The average molecular weight is 217 g/mol. The van der Waals surface area contributed by atoms with E-state index >= 15 is 0 Å². The fraction of sp³-hybridized carbons (Fsp3) is 0.250. The van der Waals surface area contributed by atoms with Crippen LogP contribution in [0.25, 0.3) is 0 Å². The summed E-state index contributed by atoms with van der Waals surface area (Å²) in [5, 5.41) is 4.05. The third-order valence-electron chi connectivity index (χ3n) is 2.35. The highest BCUT2D eigenvalue weighted by molar-refractivity contribution is 5.39. The van der Waals surface area contributed by atoms with E-state index in [1.54, 1.807) is 10.9 Å². The molecule has 2 aromatic rings. The SMILES string of the molecule is Cc1ccc(CN)c(Oc2cnn(C)c2)c1. The van der Waals surface area contributed by atoms with Gasteiger partial charge in [0, 0.05) is 19.2 Å². The number of hydrogen-bond donors (Lipinski definition) is 1. The molecule has 0 saturated carbocycles. The van der Waals surface area contributed by atoms with Crippen LogP contribution < -0.4 is 10.5 Å². The summed E-state index contributed by atoms with van der Waals surface area (Å²) in [6.07, 6.45) is 3.51. The Labute approximate surface area is 94.6 Å². The van der Waals surface area contributed by atoms with E-state index in [4.69, 9.17) is 10.5 Å². The molecule has 0 fully saturated rings. The van der Waals surface area contributed by atoms with E-state index in [-0.39, 0.29) is 0 Å². The van der Waals surface area contributed by atoms with Gasteiger partial charge in [0.25, 0.3) is 0 Å². The number of benzene rings is 1. The first kappa shape index (κ1) is 10.7. The first-order valence-corrected chi connectivity index (χ1v) is 5.15. The van der Waals surface area contributed by atoms with Gasteiger partial charge in [0.05, 0.1) is 12.4 Å². The number of aromatic nitrogens is 2. The Bertz CT molecular complexity index is 491. The number of ether oxygens (including phenoxy) is 1. The minimum absolute atomic E-state index is 0.468. The number of nitrogens with two attached hydrogens (primary N) is 1. The zero-order chi connectivity index (χ0) is 11.5. The van der Waals surface area contributed by atoms with Crippen molar-refractivity contribution >= 4 is 0 Å². The second-order valence-corrected chi connectivity index (χ2v) is 3.77. The summed E-state index contributed by atoms with van der Waals surface area (Å²) in [6, 6.07) is 5.99. The second kappa shape index (κ2) is 4.37. The average Bonchev–Trinajstić information content (AvgIpc) is 2.64. The molecule has 84 valence electrons. The van der Waals surface area contributed by atoms with Crippen LogP contribution in [0.4, 0.5) is 0 Å². The smallest absolute Gasteiger partial charge is 0.165 e. The quantitative estimate of drug-likeness (QED) is 0.855. The number of nitrogens with zero attached hydrogens (tertiary/aromatic N) is 2. The molecule has 0 radical (unpaired) electrons. The Hall–Kier alpha value is -1.81. The molecule has 0 atom stereocenters. The van der Waals surface area contributed by atoms with Crippen molar-refractivity contribution in [1.29, 1.82) is 0 Å². The Morgan fingerprint density at radius 2 is 2.25 bits per heavy atom. The van der Waals surface area contributed by atoms with E-state index in [0.717, 1.165) is 22.6 Å². The van der Waals surface area contributed by atoms with Crippen molar-refractivity contribution in [2.75, 3.05) is 0 Å². The highest BCUT2D eigenvalue weighted by Crippen LogP contribution is 2.25. The van der Waals surface area contributed by atoms with Crippen LogP contribution in [0.1, 0.15) is 11.1 Å². The molecule has 0 spiro atoms. The summed E-state index contributed by atoms with van der Waals surface area (Å²) in [6.45, 7) is 2.49. The van der Waals surface area contributed by atoms with Crippen LogP contribution in [-0.4, -0.2) is 9.78 Å². The van der Waals surface area contributed by atoms with E-state index in [1.807, 2.05) is 38.4 Å². The number of rotatable bonds is 3. The van der Waals surface area contributed by atoms with Gasteiger partial charge in [0.15, 0.2) is 5.75 Å². The molecular weight excluding hydrogens is 202 g/mol. The van der Waals surface area contributed by atoms with Gasteiger partial charge in [-0.25, -0.2) is 0 Å². The lowest BCUT2D eigenvalue weighted by Crippen LogP contribution is -1.99. The van der Waals surface area contributed by atoms with Crippen LogP contribution in [0.15, 0.2) is 30.6 Å². The predicted octanol–water partition coefficient (Wildman–Crippen LogP) is 1.98. The minimum Gasteiger partial charge on any atom is -0.454 e. The molecule has 4 heteroatoms. The number of aryl methyl sites for hydroxylation is 2. The Morgan fingerprint density at radius 3 is 2.88 bits per heavy atom. The van der Waals surface area contributed by atoms with Gasteiger partial charge in [-0.3, -0.25) is 4.68 Å².